The van der Waals surface area contributed by atoms with E-state index in [4.69, 9.17) is 0 Å². The van der Waals surface area contributed by atoms with E-state index in [2.05, 4.69) is 39.6 Å². The van der Waals surface area contributed by atoms with Crippen molar-refractivity contribution in [1.29, 1.82) is 0 Å². The van der Waals surface area contributed by atoms with Crippen LogP contribution in [0.15, 0.2) is 54.6 Å². The van der Waals surface area contributed by atoms with Gasteiger partial charge < -0.3 is 10.0 Å². The molecular weight excluding hydrogens is 325 g/mol. The molecule has 0 spiro atoms. The van der Waals surface area contributed by atoms with Crippen molar-refractivity contribution in [2.75, 3.05) is 9.45 Å². The molecule has 0 fully saturated rings. The van der Waals surface area contributed by atoms with Crippen LogP contribution in [-0.4, -0.2) is 9.66 Å². The molecule has 2 aromatic rings. The monoisotopic (exact) mass is 339 g/mol. The van der Waals surface area contributed by atoms with Gasteiger partial charge in [-0.25, -0.2) is 0 Å². The third kappa shape index (κ3) is 3.12. The highest BCUT2D eigenvalue weighted by Crippen LogP contribution is 2.22. The smallest absolute Gasteiger partial charge is 0.120 e. The number of alkyl halides is 1. The molecule has 88 valence electrons. The minimum absolute atomic E-state index is 0.360. The third-order valence-electron chi connectivity index (χ3n) is 2.62. The summed E-state index contributed by atoms with van der Waals surface area (Å²) in [7, 11) is 0. The molecule has 17 heavy (non-hydrogen) atoms. The molecule has 0 unspecified atom stereocenters. The van der Waals surface area contributed by atoms with Crippen LogP contribution in [0, 0.1) is 0 Å². The number of halogens is 1. The Kier molecular flexibility index (Phi) is 4.25. The van der Waals surface area contributed by atoms with E-state index < -0.39 is 0 Å². The number of nitrogens with zero attached hydrogens (tertiary/aromatic N) is 1. The number of anilines is 1. The van der Waals surface area contributed by atoms with Crippen molar-refractivity contribution in [3.05, 3.63) is 60.2 Å². The highest BCUT2D eigenvalue weighted by molar-refractivity contribution is 14.1. The van der Waals surface area contributed by atoms with Crippen molar-refractivity contribution in [1.82, 2.24) is 0 Å². The molecule has 0 aromatic heterocycles. The average molecular weight is 339 g/mol. The van der Waals surface area contributed by atoms with E-state index >= 15 is 0 Å². The lowest BCUT2D eigenvalue weighted by atomic mass is 10.2. The molecule has 0 amide bonds. The minimum Gasteiger partial charge on any atom is -0.508 e. The second kappa shape index (κ2) is 5.91. The molecule has 2 nitrogen and oxygen atoms in total. The fourth-order valence-corrected chi connectivity index (χ4v) is 2.33. The molecule has 0 aliphatic rings. The fraction of sp³-hybridized carbons (Fsp3) is 0.143. The molecule has 0 saturated carbocycles. The normalized spacial score (nSPS) is 10.2. The first kappa shape index (κ1) is 12.2. The van der Waals surface area contributed by atoms with Crippen molar-refractivity contribution in [3.8, 4) is 5.75 Å². The molecule has 2 rings (SSSR count). The molecule has 0 aliphatic carbocycles. The Balaban J connectivity index is 2.19. The minimum atomic E-state index is 0.360. The summed E-state index contributed by atoms with van der Waals surface area (Å²) in [5.74, 6) is 0.360. The van der Waals surface area contributed by atoms with Crippen molar-refractivity contribution < 1.29 is 5.11 Å². The van der Waals surface area contributed by atoms with E-state index in [1.807, 2.05) is 36.4 Å². The van der Waals surface area contributed by atoms with Crippen LogP contribution in [0.5, 0.6) is 5.75 Å². The van der Waals surface area contributed by atoms with E-state index in [9.17, 15) is 5.11 Å². The lowest BCUT2D eigenvalue weighted by molar-refractivity contribution is 0.468. The number of phenolic OH excluding ortho intramolecular Hbond substituents is 1. The Morgan fingerprint density at radius 2 is 1.59 bits per heavy atom. The van der Waals surface area contributed by atoms with Gasteiger partial charge in [-0.3, -0.25) is 0 Å². The number of hydrogen-bond acceptors (Lipinski definition) is 2. The molecule has 1 N–H and O–H groups in total. The van der Waals surface area contributed by atoms with Crippen LogP contribution >= 0.6 is 22.6 Å². The molecule has 2 aromatic carbocycles. The number of benzene rings is 2. The second-order valence-corrected chi connectivity index (χ2v) is 4.46. The summed E-state index contributed by atoms with van der Waals surface area (Å²) < 4.78 is 0.885. The SMILES string of the molecule is Oc1ccccc1CN(CI)c1ccccc1. The summed E-state index contributed by atoms with van der Waals surface area (Å²) in [4.78, 5) is 2.22. The molecule has 0 aliphatic heterocycles. The molecule has 3 heteroatoms. The summed E-state index contributed by atoms with van der Waals surface area (Å²) >= 11 is 2.34. The van der Waals surface area contributed by atoms with Crippen LogP contribution in [0.4, 0.5) is 5.69 Å². The maximum absolute atomic E-state index is 9.77. The van der Waals surface area contributed by atoms with Crippen molar-refractivity contribution in [3.63, 3.8) is 0 Å². The van der Waals surface area contributed by atoms with E-state index in [0.717, 1.165) is 16.7 Å². The Bertz CT molecular complexity index is 473. The number of para-hydroxylation sites is 2. The van der Waals surface area contributed by atoms with Gasteiger partial charge in [0.25, 0.3) is 0 Å². The van der Waals surface area contributed by atoms with Gasteiger partial charge in [-0.2, -0.15) is 0 Å². The molecule has 0 bridgehead atoms. The van der Waals surface area contributed by atoms with Gasteiger partial charge in [0.2, 0.25) is 0 Å². The Hall–Kier alpha value is -1.23. The van der Waals surface area contributed by atoms with Crippen LogP contribution < -0.4 is 4.90 Å². The van der Waals surface area contributed by atoms with Crippen molar-refractivity contribution in [2.24, 2.45) is 0 Å². The van der Waals surface area contributed by atoms with E-state index in [0.29, 0.717) is 5.75 Å². The quantitative estimate of drug-likeness (QED) is 0.520. The number of rotatable bonds is 4. The summed E-state index contributed by atoms with van der Waals surface area (Å²) in [5, 5.41) is 9.77. The molecule has 0 radical (unpaired) electrons. The van der Waals surface area contributed by atoms with Gasteiger partial charge in [0.1, 0.15) is 5.75 Å². The predicted octanol–water partition coefficient (Wildman–Crippen LogP) is 3.79. The van der Waals surface area contributed by atoms with E-state index in [1.54, 1.807) is 6.07 Å². The van der Waals surface area contributed by atoms with Crippen molar-refractivity contribution in [2.45, 2.75) is 6.54 Å². The molecular formula is C14H14INO. The molecule has 0 atom stereocenters. The van der Waals surface area contributed by atoms with Gasteiger partial charge in [-0.15, -0.1) is 0 Å². The first-order valence-corrected chi connectivity index (χ1v) is 6.96. The Labute approximate surface area is 115 Å². The number of phenols is 1. The average Bonchev–Trinajstić information content (AvgIpc) is 2.39. The second-order valence-electron chi connectivity index (χ2n) is 3.78. The highest BCUT2D eigenvalue weighted by Gasteiger charge is 2.07. The standard InChI is InChI=1S/C14H14INO/c15-11-16(13-7-2-1-3-8-13)10-12-6-4-5-9-14(12)17/h1-9,17H,10-11H2. The molecule has 0 heterocycles. The predicted molar refractivity (Wildman–Crippen MR) is 79.6 cm³/mol. The van der Waals surface area contributed by atoms with Crippen LogP contribution in [0.2, 0.25) is 0 Å². The lowest BCUT2D eigenvalue weighted by Gasteiger charge is -2.22. The zero-order valence-corrected chi connectivity index (χ0v) is 11.5. The van der Waals surface area contributed by atoms with Gasteiger partial charge in [0, 0.05) is 17.8 Å². The first-order chi connectivity index (χ1) is 8.31. The van der Waals surface area contributed by atoms with Crippen LogP contribution in [0.1, 0.15) is 5.56 Å². The zero-order valence-electron chi connectivity index (χ0n) is 9.38. The molecule has 0 saturated heterocycles. The van der Waals surface area contributed by atoms with E-state index in [1.165, 1.54) is 5.69 Å². The highest BCUT2D eigenvalue weighted by atomic mass is 127. The number of hydrogen-bond donors (Lipinski definition) is 1. The maximum atomic E-state index is 9.77. The van der Waals surface area contributed by atoms with Crippen molar-refractivity contribution >= 4 is 28.3 Å². The van der Waals surface area contributed by atoms with Gasteiger partial charge in [-0.1, -0.05) is 59.0 Å². The Morgan fingerprint density at radius 3 is 2.24 bits per heavy atom. The van der Waals surface area contributed by atoms with E-state index in [-0.39, 0.29) is 0 Å². The maximum Gasteiger partial charge on any atom is 0.120 e. The number of aromatic hydroxyl groups is 1. The topological polar surface area (TPSA) is 23.5 Å². The lowest BCUT2D eigenvalue weighted by Crippen LogP contribution is -2.20. The van der Waals surface area contributed by atoms with Crippen LogP contribution in [0.25, 0.3) is 0 Å². The summed E-state index contributed by atoms with van der Waals surface area (Å²) in [6.45, 7) is 0.722. The van der Waals surface area contributed by atoms with Gasteiger partial charge >= 0.3 is 0 Å². The Morgan fingerprint density at radius 1 is 0.941 bits per heavy atom. The fourth-order valence-electron chi connectivity index (χ4n) is 1.69. The summed E-state index contributed by atoms with van der Waals surface area (Å²) in [6.07, 6.45) is 0. The summed E-state index contributed by atoms with van der Waals surface area (Å²) in [6, 6.07) is 17.7. The zero-order chi connectivity index (χ0) is 12.1. The first-order valence-electron chi connectivity index (χ1n) is 5.44. The largest absolute Gasteiger partial charge is 0.508 e. The van der Waals surface area contributed by atoms with Gasteiger partial charge in [-0.05, 0) is 18.2 Å². The van der Waals surface area contributed by atoms with Crippen LogP contribution in [0.3, 0.4) is 0 Å². The summed E-state index contributed by atoms with van der Waals surface area (Å²) in [5.41, 5.74) is 2.12. The van der Waals surface area contributed by atoms with Crippen LogP contribution in [-0.2, 0) is 6.54 Å². The van der Waals surface area contributed by atoms with Gasteiger partial charge in [0.15, 0.2) is 0 Å². The van der Waals surface area contributed by atoms with Gasteiger partial charge in [0.05, 0.1) is 4.55 Å². The third-order valence-corrected chi connectivity index (χ3v) is 3.44.